The molecule has 5 atom stereocenters. The minimum atomic E-state index is -0.172. The number of rotatable bonds is 0. The molecule has 0 radical (unpaired) electrons. The molecule has 0 N–H and O–H groups in total. The maximum Gasteiger partial charge on any atom is 0.310 e. The van der Waals surface area contributed by atoms with Crippen LogP contribution in [0.4, 0.5) is 0 Å². The summed E-state index contributed by atoms with van der Waals surface area (Å²) >= 11 is 0. The van der Waals surface area contributed by atoms with Crippen LogP contribution in [0.25, 0.3) is 0 Å². The molecule has 1 aliphatic heterocycles. The predicted octanol–water partition coefficient (Wildman–Crippen LogP) is 1.41. The smallest absolute Gasteiger partial charge is 0.310 e. The molecule has 0 spiro atoms. The van der Waals surface area contributed by atoms with Gasteiger partial charge in [0.15, 0.2) is 0 Å². The maximum atomic E-state index is 11.6. The van der Waals surface area contributed by atoms with Crippen molar-refractivity contribution in [3.63, 3.8) is 0 Å². The molecule has 1 saturated carbocycles. The predicted molar refractivity (Wildman–Crippen MR) is 50.5 cm³/mol. The second kappa shape index (κ2) is 3.07. The zero-order chi connectivity index (χ0) is 10.5. The van der Waals surface area contributed by atoms with Gasteiger partial charge >= 0.3 is 5.97 Å². The lowest BCUT2D eigenvalue weighted by molar-refractivity contribution is -0.145. The van der Waals surface area contributed by atoms with E-state index in [0.717, 1.165) is 0 Å². The van der Waals surface area contributed by atoms with Gasteiger partial charge in [0.2, 0.25) is 0 Å². The fraction of sp³-hybridized carbons (Fsp3) is 0.818. The quantitative estimate of drug-likeness (QED) is 0.550. The summed E-state index contributed by atoms with van der Waals surface area (Å²) in [6, 6.07) is 0. The molecule has 14 heavy (non-hydrogen) atoms. The molecule has 2 rings (SSSR count). The average molecular weight is 196 g/mol. The molecule has 3 nitrogen and oxygen atoms in total. The summed E-state index contributed by atoms with van der Waals surface area (Å²) < 4.78 is 5.18. The number of carbonyl (C=O) groups is 2. The van der Waals surface area contributed by atoms with Crippen molar-refractivity contribution in [3.05, 3.63) is 0 Å². The van der Waals surface area contributed by atoms with Gasteiger partial charge in [-0.15, -0.1) is 0 Å². The standard InChI is InChI=1S/C11H16O3/c1-5-6(2)10-7(3)14-11(13)8(10)4-9(5)12/h5-8,10H,4H2,1-3H3/t5-,6-,7+,8+,10+/m0/s1. The van der Waals surface area contributed by atoms with Crippen molar-refractivity contribution in [2.75, 3.05) is 0 Å². The Morgan fingerprint density at radius 1 is 1.21 bits per heavy atom. The van der Waals surface area contributed by atoms with Crippen LogP contribution in [-0.2, 0) is 14.3 Å². The first-order valence-corrected chi connectivity index (χ1v) is 5.25. The van der Waals surface area contributed by atoms with Crippen LogP contribution < -0.4 is 0 Å². The van der Waals surface area contributed by atoms with E-state index >= 15 is 0 Å². The summed E-state index contributed by atoms with van der Waals surface area (Å²) in [7, 11) is 0. The molecule has 0 amide bonds. The van der Waals surface area contributed by atoms with Gasteiger partial charge in [-0.3, -0.25) is 9.59 Å². The fourth-order valence-corrected chi connectivity index (χ4v) is 2.88. The highest BCUT2D eigenvalue weighted by molar-refractivity contribution is 5.88. The molecule has 3 heteroatoms. The van der Waals surface area contributed by atoms with Crippen molar-refractivity contribution in [1.82, 2.24) is 0 Å². The Kier molecular flexibility index (Phi) is 2.13. The number of cyclic esters (lactones) is 1. The summed E-state index contributed by atoms with van der Waals surface area (Å²) in [5.74, 6) is 0.467. The summed E-state index contributed by atoms with van der Waals surface area (Å²) in [6.07, 6.45) is 0.373. The van der Waals surface area contributed by atoms with Crippen molar-refractivity contribution < 1.29 is 14.3 Å². The van der Waals surface area contributed by atoms with Crippen molar-refractivity contribution in [2.24, 2.45) is 23.7 Å². The molecule has 1 heterocycles. The van der Waals surface area contributed by atoms with E-state index in [-0.39, 0.29) is 41.5 Å². The second-order valence-corrected chi connectivity index (χ2v) is 4.64. The molecule has 0 aromatic rings. The highest BCUT2D eigenvalue weighted by atomic mass is 16.6. The summed E-state index contributed by atoms with van der Waals surface area (Å²) in [5, 5.41) is 0. The highest BCUT2D eigenvalue weighted by Crippen LogP contribution is 2.43. The lowest BCUT2D eigenvalue weighted by Gasteiger charge is -2.34. The van der Waals surface area contributed by atoms with E-state index in [2.05, 4.69) is 6.92 Å². The Bertz CT molecular complexity index is 282. The van der Waals surface area contributed by atoms with E-state index in [1.54, 1.807) is 0 Å². The van der Waals surface area contributed by atoms with Crippen LogP contribution in [0.5, 0.6) is 0 Å². The molecule has 2 aliphatic rings. The molecule has 0 bridgehead atoms. The topological polar surface area (TPSA) is 43.4 Å². The van der Waals surface area contributed by atoms with E-state index in [9.17, 15) is 9.59 Å². The first-order valence-electron chi connectivity index (χ1n) is 5.25. The van der Waals surface area contributed by atoms with Gasteiger partial charge in [0.1, 0.15) is 11.9 Å². The lowest BCUT2D eigenvalue weighted by Crippen LogP contribution is -2.40. The Labute approximate surface area is 83.8 Å². The Balaban J connectivity index is 2.28. The van der Waals surface area contributed by atoms with Crippen molar-refractivity contribution >= 4 is 11.8 Å². The van der Waals surface area contributed by atoms with Gasteiger partial charge < -0.3 is 4.74 Å². The number of esters is 1. The monoisotopic (exact) mass is 196 g/mol. The number of ether oxygens (including phenoxy) is 1. The van der Waals surface area contributed by atoms with E-state index in [4.69, 9.17) is 4.74 Å². The van der Waals surface area contributed by atoms with Crippen LogP contribution >= 0.6 is 0 Å². The Hall–Kier alpha value is -0.860. The first-order chi connectivity index (χ1) is 6.52. The van der Waals surface area contributed by atoms with Crippen LogP contribution in [0.1, 0.15) is 27.2 Å². The van der Waals surface area contributed by atoms with Gasteiger partial charge in [-0.1, -0.05) is 13.8 Å². The third-order valence-corrected chi connectivity index (χ3v) is 3.94. The molecule has 2 fully saturated rings. The molecule has 1 saturated heterocycles. The number of hydrogen-bond donors (Lipinski definition) is 0. The van der Waals surface area contributed by atoms with Crippen LogP contribution in [0.2, 0.25) is 0 Å². The number of hydrogen-bond acceptors (Lipinski definition) is 3. The van der Waals surface area contributed by atoms with Crippen LogP contribution in [-0.4, -0.2) is 17.9 Å². The summed E-state index contributed by atoms with van der Waals surface area (Å²) in [6.45, 7) is 5.94. The molecular formula is C11H16O3. The average Bonchev–Trinajstić information content (AvgIpc) is 2.38. The third kappa shape index (κ3) is 1.18. The number of carbonyl (C=O) groups excluding carboxylic acids is 2. The van der Waals surface area contributed by atoms with Gasteiger partial charge in [0.25, 0.3) is 0 Å². The molecule has 0 aromatic carbocycles. The number of Topliss-reactive ketones (excluding diaryl/α,β-unsaturated/α-hetero) is 1. The normalized spacial score (nSPS) is 47.5. The highest BCUT2D eigenvalue weighted by Gasteiger charge is 2.51. The van der Waals surface area contributed by atoms with Gasteiger partial charge in [0.05, 0.1) is 5.92 Å². The Morgan fingerprint density at radius 3 is 2.50 bits per heavy atom. The van der Waals surface area contributed by atoms with Crippen molar-refractivity contribution in [3.8, 4) is 0 Å². The molecule has 0 aromatic heterocycles. The third-order valence-electron chi connectivity index (χ3n) is 3.94. The zero-order valence-electron chi connectivity index (χ0n) is 8.82. The van der Waals surface area contributed by atoms with Gasteiger partial charge in [-0.25, -0.2) is 0 Å². The van der Waals surface area contributed by atoms with Gasteiger partial charge in [-0.2, -0.15) is 0 Å². The fourth-order valence-electron chi connectivity index (χ4n) is 2.88. The van der Waals surface area contributed by atoms with Crippen LogP contribution in [0, 0.1) is 23.7 Å². The summed E-state index contributed by atoms with van der Waals surface area (Å²) in [5.41, 5.74) is 0. The number of ketones is 1. The van der Waals surface area contributed by atoms with Gasteiger partial charge in [-0.05, 0) is 12.8 Å². The summed E-state index contributed by atoms with van der Waals surface area (Å²) in [4.78, 5) is 23.0. The largest absolute Gasteiger partial charge is 0.462 e. The van der Waals surface area contributed by atoms with Gasteiger partial charge in [0, 0.05) is 18.3 Å². The van der Waals surface area contributed by atoms with Crippen molar-refractivity contribution in [2.45, 2.75) is 33.3 Å². The van der Waals surface area contributed by atoms with E-state index in [1.807, 2.05) is 13.8 Å². The number of fused-ring (bicyclic) bond motifs is 1. The van der Waals surface area contributed by atoms with Crippen molar-refractivity contribution in [1.29, 1.82) is 0 Å². The zero-order valence-corrected chi connectivity index (χ0v) is 8.82. The minimum absolute atomic E-state index is 0.0157. The van der Waals surface area contributed by atoms with E-state index < -0.39 is 0 Å². The molecule has 0 unspecified atom stereocenters. The molecular weight excluding hydrogens is 180 g/mol. The van der Waals surface area contributed by atoms with E-state index in [0.29, 0.717) is 6.42 Å². The van der Waals surface area contributed by atoms with Crippen LogP contribution in [0.15, 0.2) is 0 Å². The lowest BCUT2D eigenvalue weighted by atomic mass is 9.67. The maximum absolute atomic E-state index is 11.6. The van der Waals surface area contributed by atoms with Crippen LogP contribution in [0.3, 0.4) is 0 Å². The SMILES string of the molecule is C[C@@H]1[C@@H]2[C@@H](C)OC(=O)[C@@H]2CC(=O)[C@H]1C. The van der Waals surface area contributed by atoms with E-state index in [1.165, 1.54) is 0 Å². The molecule has 1 aliphatic carbocycles. The Morgan fingerprint density at radius 2 is 1.86 bits per heavy atom. The minimum Gasteiger partial charge on any atom is -0.462 e. The second-order valence-electron chi connectivity index (χ2n) is 4.64. The first kappa shape index (κ1) is 9.69. The molecule has 78 valence electrons.